The van der Waals surface area contributed by atoms with Crippen molar-refractivity contribution in [1.82, 2.24) is 28.3 Å². The molecule has 202 valence electrons. The summed E-state index contributed by atoms with van der Waals surface area (Å²) in [5.41, 5.74) is 3.06. The quantitative estimate of drug-likeness (QED) is 0.317. The number of rotatable bonds is 6. The SMILES string of the molecule is Cc1ccc(S(=O)(=O)n2ccc3c2ncc2nnc([C@@H]4CC[C@H](NS(=O)(=O)c5ccc(C)c(Cl)c5)C4)n23)cc1. The van der Waals surface area contributed by atoms with Gasteiger partial charge in [-0.05, 0) is 69.0 Å². The number of nitrogens with zero attached hydrogens (tertiary/aromatic N) is 5. The molecule has 1 saturated carbocycles. The minimum atomic E-state index is -3.87. The zero-order valence-corrected chi connectivity index (χ0v) is 23.5. The average Bonchev–Trinajstić information content (AvgIpc) is 3.63. The highest BCUT2D eigenvalue weighted by atomic mass is 35.5. The van der Waals surface area contributed by atoms with Crippen LogP contribution in [0, 0.1) is 13.8 Å². The van der Waals surface area contributed by atoms with Crippen LogP contribution < -0.4 is 4.72 Å². The van der Waals surface area contributed by atoms with Crippen molar-refractivity contribution in [1.29, 1.82) is 0 Å². The Morgan fingerprint density at radius 2 is 1.69 bits per heavy atom. The van der Waals surface area contributed by atoms with Crippen molar-refractivity contribution >= 4 is 48.5 Å². The third-order valence-corrected chi connectivity index (χ3v) is 10.8. The number of hydrogen-bond acceptors (Lipinski definition) is 7. The fourth-order valence-electron chi connectivity index (χ4n) is 5.09. The number of nitrogens with one attached hydrogen (secondary N) is 1. The van der Waals surface area contributed by atoms with Gasteiger partial charge in [0.1, 0.15) is 5.82 Å². The number of benzene rings is 2. The highest BCUT2D eigenvalue weighted by Crippen LogP contribution is 2.36. The summed E-state index contributed by atoms with van der Waals surface area (Å²) in [6.07, 6.45) is 4.81. The molecular weight excluding hydrogens is 560 g/mol. The standard InChI is InChI=1S/C26H25ClN6O4S2/c1-16-3-8-20(9-4-16)39(36,37)32-12-11-23-26(32)28-15-24-29-30-25(33(23)24)18-6-7-19(13-18)31-38(34,35)21-10-5-17(2)22(27)14-21/h3-5,8-12,14-15,18-19,31H,6-7,13H2,1-2H3/t18-,19+/m1/s1. The number of halogens is 1. The lowest BCUT2D eigenvalue weighted by atomic mass is 10.1. The summed E-state index contributed by atoms with van der Waals surface area (Å²) in [7, 11) is -7.62. The van der Waals surface area contributed by atoms with Crippen LogP contribution in [0.1, 0.15) is 42.1 Å². The Hall–Kier alpha value is -3.32. The van der Waals surface area contributed by atoms with Crippen LogP contribution >= 0.6 is 11.6 Å². The molecule has 6 rings (SSSR count). The van der Waals surface area contributed by atoms with Gasteiger partial charge in [0.05, 0.1) is 21.5 Å². The van der Waals surface area contributed by atoms with Crippen molar-refractivity contribution in [3.05, 3.63) is 82.9 Å². The predicted octanol–water partition coefficient (Wildman–Crippen LogP) is 4.20. The fraction of sp³-hybridized carbons (Fsp3) is 0.269. The largest absolute Gasteiger partial charge is 0.274 e. The normalized spacial score (nSPS) is 18.3. The minimum absolute atomic E-state index is 0.0861. The molecule has 0 unspecified atom stereocenters. The Morgan fingerprint density at radius 3 is 2.44 bits per heavy atom. The van der Waals surface area contributed by atoms with Gasteiger partial charge in [0.15, 0.2) is 11.3 Å². The van der Waals surface area contributed by atoms with E-state index in [4.69, 9.17) is 11.6 Å². The van der Waals surface area contributed by atoms with E-state index in [1.54, 1.807) is 42.5 Å². The summed E-state index contributed by atoms with van der Waals surface area (Å²) in [5.74, 6) is 0.555. The second kappa shape index (κ2) is 9.40. The minimum Gasteiger partial charge on any atom is -0.274 e. The van der Waals surface area contributed by atoms with Gasteiger partial charge < -0.3 is 0 Å². The fourth-order valence-corrected chi connectivity index (χ4v) is 7.94. The summed E-state index contributed by atoms with van der Waals surface area (Å²) < 4.78 is 58.5. The molecule has 0 spiro atoms. The first kappa shape index (κ1) is 25.9. The summed E-state index contributed by atoms with van der Waals surface area (Å²) in [6.45, 7) is 3.71. The van der Waals surface area contributed by atoms with Gasteiger partial charge >= 0.3 is 0 Å². The molecular formula is C26H25ClN6O4S2. The van der Waals surface area contributed by atoms with E-state index in [1.807, 2.05) is 18.2 Å². The van der Waals surface area contributed by atoms with Gasteiger partial charge in [0.2, 0.25) is 10.0 Å². The Labute approximate surface area is 230 Å². The summed E-state index contributed by atoms with van der Waals surface area (Å²) in [5, 5.41) is 9.05. The second-order valence-corrected chi connectivity index (χ2v) is 13.8. The first-order valence-corrected chi connectivity index (χ1v) is 15.7. The van der Waals surface area contributed by atoms with E-state index in [2.05, 4.69) is 19.9 Å². The molecule has 5 aromatic rings. The van der Waals surface area contributed by atoms with Gasteiger partial charge in [0, 0.05) is 23.2 Å². The van der Waals surface area contributed by atoms with Gasteiger partial charge in [-0.25, -0.2) is 30.5 Å². The van der Waals surface area contributed by atoms with Crippen LogP contribution in [-0.2, 0) is 20.0 Å². The van der Waals surface area contributed by atoms with Crippen LogP contribution in [0.25, 0.3) is 16.8 Å². The number of aromatic nitrogens is 5. The molecule has 0 bridgehead atoms. The maximum atomic E-state index is 13.4. The summed E-state index contributed by atoms with van der Waals surface area (Å²) >= 11 is 6.15. The van der Waals surface area contributed by atoms with E-state index in [0.717, 1.165) is 15.1 Å². The van der Waals surface area contributed by atoms with Crippen LogP contribution in [0.5, 0.6) is 0 Å². The highest BCUT2D eigenvalue weighted by molar-refractivity contribution is 7.90. The van der Waals surface area contributed by atoms with Gasteiger partial charge in [-0.2, -0.15) is 0 Å². The topological polar surface area (TPSA) is 128 Å². The van der Waals surface area contributed by atoms with Crippen molar-refractivity contribution in [2.75, 3.05) is 0 Å². The smallest absolute Gasteiger partial charge is 0.269 e. The molecule has 2 aromatic carbocycles. The van der Waals surface area contributed by atoms with Crippen LogP contribution in [-0.4, -0.2) is 46.4 Å². The predicted molar refractivity (Wildman–Crippen MR) is 147 cm³/mol. The maximum Gasteiger partial charge on any atom is 0.269 e. The lowest BCUT2D eigenvalue weighted by Gasteiger charge is -2.14. The molecule has 0 saturated heterocycles. The molecule has 3 heterocycles. The Morgan fingerprint density at radius 1 is 0.949 bits per heavy atom. The third-order valence-electron chi connectivity index (χ3n) is 7.21. The van der Waals surface area contributed by atoms with E-state index in [1.165, 1.54) is 18.5 Å². The lowest BCUT2D eigenvalue weighted by Crippen LogP contribution is -2.33. The number of fused-ring (bicyclic) bond motifs is 3. The number of hydrogen-bond donors (Lipinski definition) is 1. The van der Waals surface area contributed by atoms with Gasteiger partial charge in [-0.1, -0.05) is 35.4 Å². The van der Waals surface area contributed by atoms with Crippen LogP contribution in [0.2, 0.25) is 5.02 Å². The lowest BCUT2D eigenvalue weighted by molar-refractivity contribution is 0.546. The highest BCUT2D eigenvalue weighted by Gasteiger charge is 2.33. The zero-order chi connectivity index (χ0) is 27.5. The van der Waals surface area contributed by atoms with Gasteiger partial charge in [-0.3, -0.25) is 4.40 Å². The molecule has 1 fully saturated rings. The second-order valence-electron chi connectivity index (χ2n) is 9.89. The Kier molecular flexibility index (Phi) is 6.25. The molecule has 13 heteroatoms. The molecule has 1 N–H and O–H groups in total. The van der Waals surface area contributed by atoms with Crippen LogP contribution in [0.15, 0.2) is 70.7 Å². The van der Waals surface area contributed by atoms with Gasteiger partial charge in [-0.15, -0.1) is 10.2 Å². The molecule has 3 aromatic heterocycles. The first-order valence-electron chi connectivity index (χ1n) is 12.4. The van der Waals surface area contributed by atoms with Crippen molar-refractivity contribution in [3.8, 4) is 0 Å². The molecule has 1 aliphatic rings. The van der Waals surface area contributed by atoms with E-state index in [9.17, 15) is 16.8 Å². The van der Waals surface area contributed by atoms with Crippen LogP contribution in [0.3, 0.4) is 0 Å². The number of aryl methyl sites for hydroxylation is 2. The van der Waals surface area contributed by atoms with E-state index >= 15 is 0 Å². The average molecular weight is 585 g/mol. The molecule has 0 amide bonds. The zero-order valence-electron chi connectivity index (χ0n) is 21.1. The Balaban J connectivity index is 1.31. The monoisotopic (exact) mass is 584 g/mol. The Bertz CT molecular complexity index is 1950. The summed E-state index contributed by atoms with van der Waals surface area (Å²) in [4.78, 5) is 4.67. The molecule has 39 heavy (non-hydrogen) atoms. The van der Waals surface area contributed by atoms with E-state index < -0.39 is 20.0 Å². The molecule has 0 radical (unpaired) electrons. The molecule has 1 aliphatic carbocycles. The van der Waals surface area contributed by atoms with Crippen molar-refractivity contribution < 1.29 is 16.8 Å². The van der Waals surface area contributed by atoms with Gasteiger partial charge in [0.25, 0.3) is 10.0 Å². The summed E-state index contributed by atoms with van der Waals surface area (Å²) in [6, 6.07) is 12.7. The molecule has 0 aliphatic heterocycles. The maximum absolute atomic E-state index is 13.4. The number of sulfonamides is 1. The van der Waals surface area contributed by atoms with Crippen molar-refractivity contribution in [3.63, 3.8) is 0 Å². The van der Waals surface area contributed by atoms with Crippen LogP contribution in [0.4, 0.5) is 0 Å². The van der Waals surface area contributed by atoms with Crippen molar-refractivity contribution in [2.24, 2.45) is 0 Å². The molecule has 10 nitrogen and oxygen atoms in total. The van der Waals surface area contributed by atoms with E-state index in [0.29, 0.717) is 41.3 Å². The third kappa shape index (κ3) is 4.50. The molecule has 2 atom stereocenters. The van der Waals surface area contributed by atoms with Crippen molar-refractivity contribution in [2.45, 2.75) is 54.9 Å². The van der Waals surface area contributed by atoms with E-state index in [-0.39, 0.29) is 27.4 Å². The first-order chi connectivity index (χ1) is 18.5.